The molecule has 4 N–H and O–H groups in total. The van der Waals surface area contributed by atoms with Crippen molar-refractivity contribution in [1.29, 1.82) is 0 Å². The maximum Gasteiger partial charge on any atom is 0.331 e. The number of carbonyl (C=O) groups is 2. The van der Waals surface area contributed by atoms with Gasteiger partial charge in [0.1, 0.15) is 19.0 Å². The van der Waals surface area contributed by atoms with Crippen LogP contribution in [0.4, 0.5) is 0 Å². The lowest BCUT2D eigenvalue weighted by Crippen LogP contribution is -2.69. The predicted molar refractivity (Wildman–Crippen MR) is 133 cm³/mol. The van der Waals surface area contributed by atoms with E-state index in [1.165, 1.54) is 0 Å². The molecule has 2 heterocycles. The van der Waals surface area contributed by atoms with E-state index < -0.39 is 46.6 Å². The van der Waals surface area contributed by atoms with Gasteiger partial charge in [0.15, 0.2) is 6.29 Å². The molecule has 0 unspecified atom stereocenters. The second kappa shape index (κ2) is 9.08. The van der Waals surface area contributed by atoms with E-state index in [2.05, 4.69) is 6.92 Å². The highest BCUT2D eigenvalue weighted by Gasteiger charge is 2.71. The van der Waals surface area contributed by atoms with Gasteiger partial charge in [0.05, 0.1) is 34.9 Å². The van der Waals surface area contributed by atoms with Crippen molar-refractivity contribution < 1.29 is 44.2 Å². The lowest BCUT2D eigenvalue weighted by molar-refractivity contribution is -0.286. The summed E-state index contributed by atoms with van der Waals surface area (Å²) in [5.74, 6) is -0.473. The highest BCUT2D eigenvalue weighted by molar-refractivity contribution is 5.85. The van der Waals surface area contributed by atoms with Crippen LogP contribution in [0.25, 0.3) is 0 Å². The lowest BCUT2D eigenvalue weighted by Gasteiger charge is -2.65. The average molecular weight is 535 g/mol. The third-order valence-electron chi connectivity index (χ3n) is 11.9. The van der Waals surface area contributed by atoms with Crippen LogP contribution in [0.15, 0.2) is 11.6 Å². The van der Waals surface area contributed by atoms with Gasteiger partial charge in [0.25, 0.3) is 0 Å². The number of rotatable bonds is 4. The number of carbonyl (C=O) groups excluding carboxylic acids is 2. The van der Waals surface area contributed by atoms with E-state index >= 15 is 0 Å². The van der Waals surface area contributed by atoms with Gasteiger partial charge < -0.3 is 39.4 Å². The fourth-order valence-corrected chi connectivity index (χ4v) is 9.76. The first-order chi connectivity index (χ1) is 18.0. The minimum atomic E-state index is -1.24. The largest absolute Gasteiger partial charge is 0.458 e. The van der Waals surface area contributed by atoms with Crippen LogP contribution in [0.3, 0.4) is 0 Å². The standard InChI is InChI=1S/C29H42O9/c1-16-25(33)22(31)12-24(37-16)38-18-3-8-27(15-30)20-4-7-26(2)19(17-11-23(32)36-14-17)6-10-29(26,35)21(20)5-9-28(27,34)13-18/h11,15-16,18-22,24-25,31,33-35H,3-10,12-14H2,1-2H3/t16-,18-,19+,20-,21+,22-,24-,25-,26+,27-,28-,29-/m0/s1. The van der Waals surface area contributed by atoms with E-state index in [0.29, 0.717) is 45.1 Å². The number of cyclic esters (lactones) is 1. The van der Waals surface area contributed by atoms with Crippen LogP contribution in [0.1, 0.15) is 78.1 Å². The van der Waals surface area contributed by atoms with Gasteiger partial charge in [-0.2, -0.15) is 0 Å². The molecule has 4 aliphatic carbocycles. The Kier molecular flexibility index (Phi) is 6.41. The number of aliphatic hydroxyl groups is 4. The van der Waals surface area contributed by atoms with E-state index in [1.807, 2.05) is 0 Å². The molecular formula is C29H42O9. The Morgan fingerprint density at radius 2 is 1.82 bits per heavy atom. The monoisotopic (exact) mass is 534 g/mol. The quantitative estimate of drug-likeness (QED) is 0.241. The van der Waals surface area contributed by atoms with Gasteiger partial charge in [0.2, 0.25) is 0 Å². The Morgan fingerprint density at radius 1 is 1.05 bits per heavy atom. The molecule has 0 spiro atoms. The fraction of sp³-hybridized carbons (Fsp3) is 0.862. The molecule has 212 valence electrons. The zero-order valence-electron chi connectivity index (χ0n) is 22.4. The number of fused-ring (bicyclic) bond motifs is 5. The van der Waals surface area contributed by atoms with Gasteiger partial charge in [0, 0.05) is 24.3 Å². The number of aldehydes is 1. The lowest BCUT2D eigenvalue weighted by atomic mass is 9.41. The third kappa shape index (κ3) is 3.65. The topological polar surface area (TPSA) is 143 Å². The van der Waals surface area contributed by atoms with Gasteiger partial charge in [-0.25, -0.2) is 4.79 Å². The van der Waals surface area contributed by atoms with Crippen LogP contribution in [-0.2, 0) is 23.8 Å². The van der Waals surface area contributed by atoms with Gasteiger partial charge in [-0.05, 0) is 81.6 Å². The van der Waals surface area contributed by atoms with Gasteiger partial charge in [-0.15, -0.1) is 0 Å². The molecule has 0 aromatic carbocycles. The van der Waals surface area contributed by atoms with Gasteiger partial charge >= 0.3 is 5.97 Å². The molecule has 9 nitrogen and oxygen atoms in total. The molecule has 0 aromatic rings. The Hall–Kier alpha value is -1.36. The Morgan fingerprint density at radius 3 is 2.50 bits per heavy atom. The molecule has 38 heavy (non-hydrogen) atoms. The van der Waals surface area contributed by atoms with Crippen LogP contribution in [0.2, 0.25) is 0 Å². The molecule has 6 rings (SSSR count). The molecule has 5 fully saturated rings. The molecule has 0 amide bonds. The average Bonchev–Trinajstić information content (AvgIpc) is 3.41. The highest BCUT2D eigenvalue weighted by atomic mass is 16.7. The minimum absolute atomic E-state index is 0.0729. The zero-order valence-corrected chi connectivity index (χ0v) is 22.4. The number of aliphatic hydroxyl groups excluding tert-OH is 2. The SMILES string of the molecule is C[C@@H]1O[C@@H](O[C@H]2CC[C@]3(C=O)[C@H]4CC[C@]5(C)[C@@H](C6=CC(=O)OC6)CC[C@]5(O)[C@@H]4CC[C@]3(O)C2)C[C@H](O)[C@H]1O. The van der Waals surface area contributed by atoms with Crippen molar-refractivity contribution in [3.05, 3.63) is 11.6 Å². The van der Waals surface area contributed by atoms with Crippen LogP contribution in [0, 0.1) is 28.6 Å². The molecule has 4 saturated carbocycles. The van der Waals surface area contributed by atoms with E-state index in [1.54, 1.807) is 13.0 Å². The summed E-state index contributed by atoms with van der Waals surface area (Å²) < 4.78 is 17.1. The number of hydrogen-bond acceptors (Lipinski definition) is 9. The van der Waals surface area contributed by atoms with Crippen LogP contribution < -0.4 is 0 Å². The Balaban J connectivity index is 1.22. The van der Waals surface area contributed by atoms with Crippen LogP contribution >= 0.6 is 0 Å². The first kappa shape index (κ1) is 26.8. The normalized spacial score (nSPS) is 54.4. The maximum absolute atomic E-state index is 12.9. The molecule has 2 aliphatic heterocycles. The first-order valence-corrected chi connectivity index (χ1v) is 14.4. The second-order valence-electron chi connectivity index (χ2n) is 13.3. The third-order valence-corrected chi connectivity index (χ3v) is 11.9. The molecule has 0 aromatic heterocycles. The van der Waals surface area contributed by atoms with Crippen molar-refractivity contribution in [3.63, 3.8) is 0 Å². The predicted octanol–water partition coefficient (Wildman–Crippen LogP) is 1.78. The Bertz CT molecular complexity index is 1000. The van der Waals surface area contributed by atoms with Crippen molar-refractivity contribution in [1.82, 2.24) is 0 Å². The van der Waals surface area contributed by atoms with Crippen molar-refractivity contribution in [2.75, 3.05) is 6.61 Å². The van der Waals surface area contributed by atoms with E-state index in [0.717, 1.165) is 31.1 Å². The number of hydrogen-bond donors (Lipinski definition) is 4. The summed E-state index contributed by atoms with van der Waals surface area (Å²) in [4.78, 5) is 24.7. The minimum Gasteiger partial charge on any atom is -0.458 e. The van der Waals surface area contributed by atoms with Crippen LogP contribution in [0.5, 0.6) is 0 Å². The fourth-order valence-electron chi connectivity index (χ4n) is 9.76. The summed E-state index contributed by atoms with van der Waals surface area (Å²) in [5, 5.41) is 44.6. The molecule has 9 heteroatoms. The second-order valence-corrected chi connectivity index (χ2v) is 13.3. The summed E-state index contributed by atoms with van der Waals surface area (Å²) in [6.07, 6.45) is 4.50. The van der Waals surface area contributed by atoms with Crippen molar-refractivity contribution in [2.24, 2.45) is 28.6 Å². The zero-order chi connectivity index (χ0) is 27.1. The highest BCUT2D eigenvalue weighted by Crippen LogP contribution is 2.70. The van der Waals surface area contributed by atoms with E-state index in [9.17, 15) is 30.0 Å². The number of esters is 1. The molecule has 12 atom stereocenters. The first-order valence-electron chi connectivity index (χ1n) is 14.4. The molecule has 1 saturated heterocycles. The molecule has 0 radical (unpaired) electrons. The van der Waals surface area contributed by atoms with Crippen molar-refractivity contribution >= 4 is 12.3 Å². The Labute approximate surface area is 223 Å². The summed E-state index contributed by atoms with van der Waals surface area (Å²) >= 11 is 0. The van der Waals surface area contributed by atoms with Crippen molar-refractivity contribution in [2.45, 2.75) is 120 Å². The summed E-state index contributed by atoms with van der Waals surface area (Å²) in [6.45, 7) is 4.13. The van der Waals surface area contributed by atoms with Gasteiger partial charge in [-0.1, -0.05) is 6.92 Å². The van der Waals surface area contributed by atoms with E-state index in [-0.39, 0.29) is 36.2 Å². The smallest absolute Gasteiger partial charge is 0.331 e. The molecule has 0 bridgehead atoms. The maximum atomic E-state index is 12.9. The number of ether oxygens (including phenoxy) is 3. The van der Waals surface area contributed by atoms with Crippen molar-refractivity contribution in [3.8, 4) is 0 Å². The van der Waals surface area contributed by atoms with Crippen LogP contribution in [-0.4, -0.2) is 81.2 Å². The van der Waals surface area contributed by atoms with Gasteiger partial charge in [-0.3, -0.25) is 0 Å². The van der Waals surface area contributed by atoms with E-state index in [4.69, 9.17) is 14.2 Å². The summed E-state index contributed by atoms with van der Waals surface area (Å²) in [5.41, 5.74) is -2.60. The summed E-state index contributed by atoms with van der Waals surface area (Å²) in [7, 11) is 0. The molecule has 6 aliphatic rings. The summed E-state index contributed by atoms with van der Waals surface area (Å²) in [6, 6.07) is 0. The molecular weight excluding hydrogens is 492 g/mol.